The van der Waals surface area contributed by atoms with Crippen molar-refractivity contribution in [2.75, 3.05) is 12.8 Å². The topological polar surface area (TPSA) is 59.1 Å². The lowest BCUT2D eigenvalue weighted by Crippen LogP contribution is -2.16. The summed E-state index contributed by atoms with van der Waals surface area (Å²) in [5, 5.41) is 1.73. The molecular formula is C10H15F3N2O2S2. The molecule has 1 aromatic heterocycles. The van der Waals surface area contributed by atoms with Gasteiger partial charge < -0.3 is 5.32 Å². The van der Waals surface area contributed by atoms with E-state index in [9.17, 15) is 21.6 Å². The van der Waals surface area contributed by atoms with E-state index in [1.165, 1.54) is 6.92 Å². The molecule has 19 heavy (non-hydrogen) atoms. The average molecular weight is 316 g/mol. The van der Waals surface area contributed by atoms with Gasteiger partial charge in [0.1, 0.15) is 10.3 Å². The zero-order valence-corrected chi connectivity index (χ0v) is 12.3. The van der Waals surface area contributed by atoms with Crippen LogP contribution in [0.4, 0.5) is 13.2 Å². The van der Waals surface area contributed by atoms with Crippen molar-refractivity contribution in [3.05, 3.63) is 15.6 Å². The average Bonchev–Trinajstić information content (AvgIpc) is 2.67. The van der Waals surface area contributed by atoms with Crippen LogP contribution < -0.4 is 5.32 Å². The van der Waals surface area contributed by atoms with Gasteiger partial charge in [-0.1, -0.05) is 6.92 Å². The van der Waals surface area contributed by atoms with Gasteiger partial charge in [0.2, 0.25) is 0 Å². The van der Waals surface area contributed by atoms with Gasteiger partial charge in [-0.2, -0.15) is 13.2 Å². The van der Waals surface area contributed by atoms with Crippen LogP contribution in [0.25, 0.3) is 0 Å². The van der Waals surface area contributed by atoms with Crippen LogP contribution in [0, 0.1) is 0 Å². The summed E-state index contributed by atoms with van der Waals surface area (Å²) in [6.07, 6.45) is -3.59. The number of aromatic nitrogens is 1. The highest BCUT2D eigenvalue weighted by atomic mass is 32.2. The summed E-state index contributed by atoms with van der Waals surface area (Å²) in [4.78, 5) is 3.49. The quantitative estimate of drug-likeness (QED) is 0.906. The van der Waals surface area contributed by atoms with Crippen molar-refractivity contribution in [2.24, 2.45) is 0 Å². The summed E-state index contributed by atoms with van der Waals surface area (Å²) in [7, 11) is -3.47. The number of halogens is 3. The van der Waals surface area contributed by atoms with Gasteiger partial charge >= 0.3 is 6.18 Å². The smallest absolute Gasteiger partial charge is 0.312 e. The standard InChI is InChI=1S/C10H15F3N2O2S2/c1-4-14-5-7-8(10(11,12)13)15-9(18-7)6(2)19(3,16)17/h6,14H,4-5H2,1-3H3. The molecule has 1 atom stereocenters. The van der Waals surface area contributed by atoms with Crippen LogP contribution in [0.1, 0.15) is 34.7 Å². The lowest BCUT2D eigenvalue weighted by Gasteiger charge is -2.06. The number of hydrogen-bond donors (Lipinski definition) is 1. The van der Waals surface area contributed by atoms with E-state index in [0.29, 0.717) is 6.54 Å². The molecule has 0 aliphatic heterocycles. The fourth-order valence-electron chi connectivity index (χ4n) is 1.31. The fourth-order valence-corrected chi connectivity index (χ4v) is 3.38. The Hall–Kier alpha value is -0.670. The minimum atomic E-state index is -4.57. The van der Waals surface area contributed by atoms with Gasteiger partial charge in [0, 0.05) is 12.8 Å². The molecule has 0 radical (unpaired) electrons. The second-order valence-corrected chi connectivity index (χ2v) is 7.56. The number of rotatable bonds is 5. The first-order valence-corrected chi connectivity index (χ1v) is 8.30. The molecule has 1 aromatic rings. The molecule has 1 N–H and O–H groups in total. The predicted molar refractivity (Wildman–Crippen MR) is 67.8 cm³/mol. The van der Waals surface area contributed by atoms with Crippen molar-refractivity contribution in [1.29, 1.82) is 0 Å². The van der Waals surface area contributed by atoms with E-state index in [1.54, 1.807) is 6.92 Å². The van der Waals surface area contributed by atoms with Crippen molar-refractivity contribution >= 4 is 21.2 Å². The van der Waals surface area contributed by atoms with E-state index < -0.39 is 27.0 Å². The highest BCUT2D eigenvalue weighted by molar-refractivity contribution is 7.91. The first kappa shape index (κ1) is 16.4. The van der Waals surface area contributed by atoms with Gasteiger partial charge in [-0.05, 0) is 13.5 Å². The predicted octanol–water partition coefficient (Wildman–Crippen LogP) is 2.38. The Labute approximate surface area is 114 Å². The molecule has 9 heteroatoms. The molecule has 0 bridgehead atoms. The van der Waals surface area contributed by atoms with E-state index in [2.05, 4.69) is 10.3 Å². The van der Waals surface area contributed by atoms with Crippen LogP contribution in [0.5, 0.6) is 0 Å². The molecule has 1 rings (SSSR count). The van der Waals surface area contributed by atoms with Crippen LogP contribution in [0.2, 0.25) is 0 Å². The summed E-state index contributed by atoms with van der Waals surface area (Å²) in [6, 6.07) is 0. The SMILES string of the molecule is CCNCc1sc(C(C)S(C)(=O)=O)nc1C(F)(F)F. The maximum Gasteiger partial charge on any atom is 0.434 e. The number of nitrogens with one attached hydrogen (secondary N) is 1. The van der Waals surface area contributed by atoms with E-state index in [1.807, 2.05) is 0 Å². The highest BCUT2D eigenvalue weighted by Gasteiger charge is 2.38. The third kappa shape index (κ3) is 4.15. The first-order valence-electron chi connectivity index (χ1n) is 5.53. The maximum absolute atomic E-state index is 12.8. The van der Waals surface area contributed by atoms with E-state index >= 15 is 0 Å². The summed E-state index contributed by atoms with van der Waals surface area (Å²) >= 11 is 0.789. The molecule has 0 aliphatic rings. The number of hydrogen-bond acceptors (Lipinski definition) is 5. The second kappa shape index (κ2) is 5.76. The summed E-state index contributed by atoms with van der Waals surface area (Å²) in [5.41, 5.74) is -0.996. The minimum absolute atomic E-state index is 0.0138. The molecule has 110 valence electrons. The van der Waals surface area contributed by atoms with Crippen molar-refractivity contribution in [2.45, 2.75) is 31.8 Å². The third-order valence-electron chi connectivity index (χ3n) is 2.51. The highest BCUT2D eigenvalue weighted by Crippen LogP contribution is 2.37. The molecule has 1 heterocycles. The normalized spacial score (nSPS) is 14.6. The third-order valence-corrected chi connectivity index (χ3v) is 5.40. The molecule has 0 aliphatic carbocycles. The second-order valence-electron chi connectivity index (χ2n) is 4.07. The number of nitrogens with zero attached hydrogens (tertiary/aromatic N) is 1. The molecule has 0 saturated heterocycles. The Kier molecular flexibility index (Phi) is 4.97. The van der Waals surface area contributed by atoms with E-state index in [0.717, 1.165) is 17.6 Å². The van der Waals surface area contributed by atoms with Gasteiger partial charge in [0.15, 0.2) is 15.5 Å². The van der Waals surface area contributed by atoms with E-state index in [4.69, 9.17) is 0 Å². The van der Waals surface area contributed by atoms with Gasteiger partial charge in [-0.15, -0.1) is 11.3 Å². The Bertz CT molecular complexity index is 537. The molecule has 0 fully saturated rings. The van der Waals surface area contributed by atoms with Crippen molar-refractivity contribution in [1.82, 2.24) is 10.3 Å². The Morgan fingerprint density at radius 3 is 2.42 bits per heavy atom. The monoisotopic (exact) mass is 316 g/mol. The minimum Gasteiger partial charge on any atom is -0.312 e. The number of sulfone groups is 1. The van der Waals surface area contributed by atoms with Gasteiger partial charge in [0.25, 0.3) is 0 Å². The Morgan fingerprint density at radius 2 is 2.00 bits per heavy atom. The molecule has 1 unspecified atom stereocenters. The molecule has 0 saturated carbocycles. The van der Waals surface area contributed by atoms with Crippen LogP contribution >= 0.6 is 11.3 Å². The zero-order chi connectivity index (χ0) is 14.8. The number of alkyl halides is 3. The van der Waals surface area contributed by atoms with Crippen LogP contribution in [0.3, 0.4) is 0 Å². The van der Waals surface area contributed by atoms with Crippen LogP contribution in [-0.2, 0) is 22.6 Å². The van der Waals surface area contributed by atoms with Crippen LogP contribution in [0.15, 0.2) is 0 Å². The van der Waals surface area contributed by atoms with Gasteiger partial charge in [-0.25, -0.2) is 13.4 Å². The van der Waals surface area contributed by atoms with Gasteiger partial charge in [0.05, 0.1) is 4.88 Å². The largest absolute Gasteiger partial charge is 0.434 e. The fraction of sp³-hybridized carbons (Fsp3) is 0.700. The summed E-state index contributed by atoms with van der Waals surface area (Å²) in [6.45, 7) is 3.66. The summed E-state index contributed by atoms with van der Waals surface area (Å²) in [5.74, 6) is 0. The lowest BCUT2D eigenvalue weighted by molar-refractivity contribution is -0.141. The zero-order valence-electron chi connectivity index (χ0n) is 10.7. The maximum atomic E-state index is 12.8. The van der Waals surface area contributed by atoms with Crippen molar-refractivity contribution in [3.8, 4) is 0 Å². The molecular weight excluding hydrogens is 301 g/mol. The Balaban J connectivity index is 3.21. The molecule has 0 spiro atoms. The first-order chi connectivity index (χ1) is 8.57. The van der Waals surface area contributed by atoms with Gasteiger partial charge in [-0.3, -0.25) is 0 Å². The van der Waals surface area contributed by atoms with Crippen LogP contribution in [-0.4, -0.2) is 26.2 Å². The number of thiazole rings is 1. The van der Waals surface area contributed by atoms with Crippen molar-refractivity contribution < 1.29 is 21.6 Å². The Morgan fingerprint density at radius 1 is 1.42 bits per heavy atom. The molecule has 0 aromatic carbocycles. The molecule has 4 nitrogen and oxygen atoms in total. The lowest BCUT2D eigenvalue weighted by atomic mass is 10.3. The summed E-state index contributed by atoms with van der Waals surface area (Å²) < 4.78 is 61.2. The van der Waals surface area contributed by atoms with E-state index in [-0.39, 0.29) is 16.4 Å². The van der Waals surface area contributed by atoms with Crippen molar-refractivity contribution in [3.63, 3.8) is 0 Å². The molecule has 0 amide bonds.